The zero-order valence-corrected chi connectivity index (χ0v) is 12.4. The molecule has 2 rings (SSSR count). The number of amides is 2. The fraction of sp³-hybridized carbons (Fsp3) is 0.429. The SMILES string of the molecule is CN(CC1CC1)C(=O)CNC(=O)c1ccc(Br)cc1. The van der Waals surface area contributed by atoms with Gasteiger partial charge in [-0.05, 0) is 43.0 Å². The summed E-state index contributed by atoms with van der Waals surface area (Å²) in [4.78, 5) is 25.3. The minimum atomic E-state index is -0.222. The van der Waals surface area contributed by atoms with Crippen LogP contribution in [0.2, 0.25) is 0 Å². The molecule has 0 radical (unpaired) electrons. The van der Waals surface area contributed by atoms with Crippen LogP contribution in [-0.2, 0) is 4.79 Å². The normalized spacial score (nSPS) is 14.0. The van der Waals surface area contributed by atoms with Crippen LogP contribution < -0.4 is 5.32 Å². The molecule has 1 fully saturated rings. The molecule has 1 saturated carbocycles. The predicted molar refractivity (Wildman–Crippen MR) is 76.8 cm³/mol. The molecule has 0 atom stereocenters. The third-order valence-corrected chi connectivity index (χ3v) is 3.69. The van der Waals surface area contributed by atoms with E-state index in [4.69, 9.17) is 0 Å². The first-order valence-corrected chi connectivity index (χ1v) is 7.13. The number of nitrogens with zero attached hydrogens (tertiary/aromatic N) is 1. The van der Waals surface area contributed by atoms with Gasteiger partial charge in [-0.1, -0.05) is 15.9 Å². The number of carbonyl (C=O) groups is 2. The molecule has 5 heteroatoms. The third-order valence-electron chi connectivity index (χ3n) is 3.16. The summed E-state index contributed by atoms with van der Waals surface area (Å²) in [5.74, 6) is 0.397. The maximum absolute atomic E-state index is 11.8. The van der Waals surface area contributed by atoms with Crippen molar-refractivity contribution in [1.82, 2.24) is 10.2 Å². The zero-order valence-electron chi connectivity index (χ0n) is 10.9. The summed E-state index contributed by atoms with van der Waals surface area (Å²) >= 11 is 3.31. The van der Waals surface area contributed by atoms with Crippen molar-refractivity contribution in [1.29, 1.82) is 0 Å². The molecule has 0 heterocycles. The molecule has 1 aromatic carbocycles. The van der Waals surface area contributed by atoms with Crippen LogP contribution in [0.4, 0.5) is 0 Å². The summed E-state index contributed by atoms with van der Waals surface area (Å²) in [6.45, 7) is 0.852. The highest BCUT2D eigenvalue weighted by Crippen LogP contribution is 2.29. The first kappa shape index (κ1) is 14.1. The van der Waals surface area contributed by atoms with Crippen molar-refractivity contribution in [2.45, 2.75) is 12.8 Å². The smallest absolute Gasteiger partial charge is 0.251 e. The van der Waals surface area contributed by atoms with Gasteiger partial charge in [-0.15, -0.1) is 0 Å². The second-order valence-corrected chi connectivity index (χ2v) is 5.82. The van der Waals surface area contributed by atoms with Crippen LogP contribution in [0.5, 0.6) is 0 Å². The maximum Gasteiger partial charge on any atom is 0.251 e. The van der Waals surface area contributed by atoms with Crippen LogP contribution >= 0.6 is 15.9 Å². The van der Waals surface area contributed by atoms with Crippen molar-refractivity contribution >= 4 is 27.7 Å². The van der Waals surface area contributed by atoms with Gasteiger partial charge >= 0.3 is 0 Å². The van der Waals surface area contributed by atoms with Crippen molar-refractivity contribution in [3.63, 3.8) is 0 Å². The summed E-state index contributed by atoms with van der Waals surface area (Å²) in [7, 11) is 1.78. The van der Waals surface area contributed by atoms with E-state index in [1.165, 1.54) is 12.8 Å². The molecule has 0 aliphatic heterocycles. The lowest BCUT2D eigenvalue weighted by Gasteiger charge is -2.17. The van der Waals surface area contributed by atoms with Gasteiger partial charge in [0.2, 0.25) is 5.91 Å². The number of hydrogen-bond donors (Lipinski definition) is 1. The topological polar surface area (TPSA) is 49.4 Å². The Morgan fingerprint density at radius 2 is 1.95 bits per heavy atom. The summed E-state index contributed by atoms with van der Waals surface area (Å²) in [5.41, 5.74) is 0.556. The van der Waals surface area contributed by atoms with Crippen molar-refractivity contribution in [2.24, 2.45) is 5.92 Å². The van der Waals surface area contributed by atoms with Gasteiger partial charge in [-0.3, -0.25) is 9.59 Å². The van der Waals surface area contributed by atoms with E-state index < -0.39 is 0 Å². The van der Waals surface area contributed by atoms with Crippen molar-refractivity contribution in [3.8, 4) is 0 Å². The van der Waals surface area contributed by atoms with Gasteiger partial charge in [-0.25, -0.2) is 0 Å². The molecule has 0 unspecified atom stereocenters. The van der Waals surface area contributed by atoms with E-state index in [0.29, 0.717) is 11.5 Å². The third kappa shape index (κ3) is 4.35. The molecular weight excluding hydrogens is 308 g/mol. The van der Waals surface area contributed by atoms with E-state index in [1.54, 1.807) is 36.2 Å². The number of benzene rings is 1. The standard InChI is InChI=1S/C14H17BrN2O2/c1-17(9-10-2-3-10)13(18)8-16-14(19)11-4-6-12(15)7-5-11/h4-7,10H,2-3,8-9H2,1H3,(H,16,19). The Bertz CT molecular complexity index is 469. The fourth-order valence-corrected chi connectivity index (χ4v) is 2.05. The molecule has 102 valence electrons. The monoisotopic (exact) mass is 324 g/mol. The molecule has 2 amide bonds. The molecule has 1 aliphatic rings. The van der Waals surface area contributed by atoms with E-state index >= 15 is 0 Å². The summed E-state index contributed by atoms with van der Waals surface area (Å²) in [6, 6.07) is 7.04. The van der Waals surface area contributed by atoms with Gasteiger partial charge in [0.1, 0.15) is 0 Å². The highest BCUT2D eigenvalue weighted by molar-refractivity contribution is 9.10. The lowest BCUT2D eigenvalue weighted by Crippen LogP contribution is -2.38. The van der Waals surface area contributed by atoms with Crippen LogP contribution in [-0.4, -0.2) is 36.9 Å². The molecule has 0 aromatic heterocycles. The summed E-state index contributed by atoms with van der Waals surface area (Å²) in [6.07, 6.45) is 2.42. The van der Waals surface area contributed by atoms with Crippen molar-refractivity contribution in [3.05, 3.63) is 34.3 Å². The molecule has 1 aliphatic carbocycles. The molecule has 0 spiro atoms. The van der Waals surface area contributed by atoms with Crippen LogP contribution in [0, 0.1) is 5.92 Å². The Hall–Kier alpha value is -1.36. The first-order valence-electron chi connectivity index (χ1n) is 6.34. The second kappa shape index (κ2) is 6.19. The largest absolute Gasteiger partial charge is 0.344 e. The Morgan fingerprint density at radius 3 is 2.53 bits per heavy atom. The number of nitrogens with one attached hydrogen (secondary N) is 1. The quantitative estimate of drug-likeness (QED) is 0.901. The molecule has 1 aromatic rings. The maximum atomic E-state index is 11.8. The molecule has 4 nitrogen and oxygen atoms in total. The fourth-order valence-electron chi connectivity index (χ4n) is 1.78. The molecule has 0 saturated heterocycles. The van der Waals surface area contributed by atoms with Gasteiger partial charge in [0.15, 0.2) is 0 Å². The van der Waals surface area contributed by atoms with Crippen LogP contribution in [0.1, 0.15) is 23.2 Å². The average Bonchev–Trinajstić information content (AvgIpc) is 3.20. The molecule has 0 bridgehead atoms. The minimum absolute atomic E-state index is 0.0441. The summed E-state index contributed by atoms with van der Waals surface area (Å²) < 4.78 is 0.921. The van der Waals surface area contributed by atoms with E-state index in [1.807, 2.05) is 0 Å². The van der Waals surface area contributed by atoms with E-state index in [-0.39, 0.29) is 18.4 Å². The average molecular weight is 325 g/mol. The molecule has 19 heavy (non-hydrogen) atoms. The van der Waals surface area contributed by atoms with Gasteiger partial charge < -0.3 is 10.2 Å². The minimum Gasteiger partial charge on any atom is -0.344 e. The van der Waals surface area contributed by atoms with Crippen LogP contribution in [0.15, 0.2) is 28.7 Å². The number of likely N-dealkylation sites (N-methyl/N-ethyl adjacent to an activating group) is 1. The van der Waals surface area contributed by atoms with E-state index in [9.17, 15) is 9.59 Å². The molecule has 1 N–H and O–H groups in total. The van der Waals surface area contributed by atoms with Gasteiger partial charge in [0.25, 0.3) is 5.91 Å². The lowest BCUT2D eigenvalue weighted by atomic mass is 10.2. The predicted octanol–water partition coefficient (Wildman–Crippen LogP) is 2.05. The van der Waals surface area contributed by atoms with E-state index in [0.717, 1.165) is 11.0 Å². The van der Waals surface area contributed by atoms with Crippen LogP contribution in [0.25, 0.3) is 0 Å². The van der Waals surface area contributed by atoms with Gasteiger partial charge in [-0.2, -0.15) is 0 Å². The Kier molecular flexibility index (Phi) is 4.58. The van der Waals surface area contributed by atoms with Crippen molar-refractivity contribution in [2.75, 3.05) is 20.1 Å². The number of rotatable bonds is 5. The van der Waals surface area contributed by atoms with Gasteiger partial charge in [0, 0.05) is 23.6 Å². The Morgan fingerprint density at radius 1 is 1.32 bits per heavy atom. The Balaban J connectivity index is 1.79. The molecular formula is C14H17BrN2O2. The first-order chi connectivity index (χ1) is 9.06. The van der Waals surface area contributed by atoms with Gasteiger partial charge in [0.05, 0.1) is 6.54 Å². The van der Waals surface area contributed by atoms with Crippen molar-refractivity contribution < 1.29 is 9.59 Å². The van der Waals surface area contributed by atoms with Crippen LogP contribution in [0.3, 0.4) is 0 Å². The number of carbonyl (C=O) groups excluding carboxylic acids is 2. The number of halogens is 1. The zero-order chi connectivity index (χ0) is 13.8. The highest BCUT2D eigenvalue weighted by Gasteiger charge is 2.24. The lowest BCUT2D eigenvalue weighted by molar-refractivity contribution is -0.129. The summed E-state index contributed by atoms with van der Waals surface area (Å²) in [5, 5.41) is 2.65. The number of hydrogen-bond acceptors (Lipinski definition) is 2. The highest BCUT2D eigenvalue weighted by atomic mass is 79.9. The second-order valence-electron chi connectivity index (χ2n) is 4.91. The Labute approximate surface area is 121 Å². The van der Waals surface area contributed by atoms with E-state index in [2.05, 4.69) is 21.2 Å².